The van der Waals surface area contributed by atoms with Gasteiger partial charge in [0.25, 0.3) is 0 Å². The minimum absolute atomic E-state index is 0.123. The minimum Gasteiger partial charge on any atom is -0.362 e. The zero-order valence-electron chi connectivity index (χ0n) is 20.9. The number of anilines is 2. The predicted molar refractivity (Wildman–Crippen MR) is 146 cm³/mol. The van der Waals surface area contributed by atoms with Crippen molar-refractivity contribution >= 4 is 40.5 Å². The number of nitrogens with zero attached hydrogens (tertiary/aromatic N) is 4. The molecule has 4 rings (SSSR count). The van der Waals surface area contributed by atoms with Crippen molar-refractivity contribution in [2.45, 2.75) is 64.6 Å². The molecule has 9 heteroatoms. The van der Waals surface area contributed by atoms with Gasteiger partial charge in [-0.25, -0.2) is 9.97 Å². The summed E-state index contributed by atoms with van der Waals surface area (Å²) in [5, 5.41) is 12.8. The molecule has 0 amide bonds. The van der Waals surface area contributed by atoms with Crippen LogP contribution in [0.25, 0.3) is 0 Å². The van der Waals surface area contributed by atoms with Gasteiger partial charge in [0, 0.05) is 35.2 Å². The molecule has 4 atom stereocenters. The third-order valence-corrected chi connectivity index (χ3v) is 7.99. The average Bonchev–Trinajstić information content (AvgIpc) is 3.27. The van der Waals surface area contributed by atoms with Crippen LogP contribution >= 0.6 is 23.2 Å². The molecule has 190 valence electrons. The monoisotopic (exact) mass is 517 g/mol. The first kappa shape index (κ1) is 26.1. The molecule has 2 aliphatic rings. The van der Waals surface area contributed by atoms with Gasteiger partial charge in [0.05, 0.1) is 18.0 Å². The number of likely N-dealkylation sites (tertiary alicyclic amines) is 1. The van der Waals surface area contributed by atoms with E-state index >= 15 is 0 Å². The largest absolute Gasteiger partial charge is 0.362 e. The highest BCUT2D eigenvalue weighted by atomic mass is 35.5. The Bertz CT molecular complexity index is 1050. The maximum Gasteiger partial charge on any atom is 0.156 e. The highest BCUT2D eigenvalue weighted by Gasteiger charge is 2.36. The van der Waals surface area contributed by atoms with E-state index in [1.165, 1.54) is 19.4 Å². The van der Waals surface area contributed by atoms with Crippen LogP contribution in [-0.4, -0.2) is 58.8 Å². The number of piperidine rings is 1. The maximum absolute atomic E-state index is 8.20. The van der Waals surface area contributed by atoms with Crippen molar-refractivity contribution in [3.8, 4) is 0 Å². The van der Waals surface area contributed by atoms with Gasteiger partial charge in [-0.2, -0.15) is 0 Å². The van der Waals surface area contributed by atoms with Gasteiger partial charge in [0.1, 0.15) is 11.5 Å². The van der Waals surface area contributed by atoms with Crippen molar-refractivity contribution in [1.82, 2.24) is 14.9 Å². The van der Waals surface area contributed by atoms with Gasteiger partial charge in [-0.05, 0) is 76.2 Å². The number of aromatic nitrogens is 2. The van der Waals surface area contributed by atoms with Crippen molar-refractivity contribution in [1.29, 1.82) is 5.41 Å². The van der Waals surface area contributed by atoms with Crippen molar-refractivity contribution in [2.75, 3.05) is 36.4 Å². The molecule has 0 aliphatic carbocycles. The first-order valence-electron chi connectivity index (χ1n) is 12.6. The Balaban J connectivity index is 1.51. The van der Waals surface area contributed by atoms with E-state index < -0.39 is 0 Å². The summed E-state index contributed by atoms with van der Waals surface area (Å²) in [6.07, 6.45) is 6.55. The van der Waals surface area contributed by atoms with E-state index in [0.717, 1.165) is 43.9 Å². The summed E-state index contributed by atoms with van der Waals surface area (Å²) in [6.45, 7) is 9.93. The maximum atomic E-state index is 8.20. The van der Waals surface area contributed by atoms with Crippen molar-refractivity contribution < 1.29 is 0 Å². The molecule has 4 N–H and O–H groups in total. The molecule has 2 aromatic rings. The Hall–Kier alpha value is -1.93. The van der Waals surface area contributed by atoms with Gasteiger partial charge in [-0.1, -0.05) is 36.2 Å². The molecular weight excluding hydrogens is 481 g/mol. The Morgan fingerprint density at radius 2 is 2.09 bits per heavy atom. The second-order valence-electron chi connectivity index (χ2n) is 9.97. The number of nitrogens with one attached hydrogen (secondary N) is 2. The fraction of sp³-hybridized carbons (Fsp3) is 0.577. The van der Waals surface area contributed by atoms with Crippen LogP contribution in [0.5, 0.6) is 0 Å². The molecule has 35 heavy (non-hydrogen) atoms. The lowest BCUT2D eigenvalue weighted by Gasteiger charge is -2.44. The number of hydrogen-bond acceptors (Lipinski definition) is 7. The average molecular weight is 519 g/mol. The van der Waals surface area contributed by atoms with Gasteiger partial charge < -0.3 is 21.4 Å². The first-order chi connectivity index (χ1) is 16.8. The van der Waals surface area contributed by atoms with Crippen LogP contribution in [0.3, 0.4) is 0 Å². The van der Waals surface area contributed by atoms with Crippen LogP contribution in [-0.2, 0) is 0 Å². The second kappa shape index (κ2) is 11.4. The van der Waals surface area contributed by atoms with Gasteiger partial charge in [0.2, 0.25) is 0 Å². The van der Waals surface area contributed by atoms with E-state index in [-0.39, 0.29) is 6.04 Å². The zero-order chi connectivity index (χ0) is 25.1. The molecular formula is C26H37Cl2N7. The van der Waals surface area contributed by atoms with Crippen LogP contribution in [0.4, 0.5) is 11.6 Å². The molecule has 0 bridgehead atoms. The van der Waals surface area contributed by atoms with E-state index in [9.17, 15) is 0 Å². The third kappa shape index (κ3) is 5.91. The molecule has 1 aromatic heterocycles. The number of nitrogens with two attached hydrogens (primary N) is 1. The smallest absolute Gasteiger partial charge is 0.156 e. The second-order valence-corrected chi connectivity index (χ2v) is 10.8. The van der Waals surface area contributed by atoms with Crippen LogP contribution in [0, 0.1) is 11.3 Å². The number of halogens is 2. The molecule has 2 saturated heterocycles. The van der Waals surface area contributed by atoms with Gasteiger partial charge in [-0.15, -0.1) is 0 Å². The van der Waals surface area contributed by atoms with Crippen molar-refractivity contribution in [2.24, 2.45) is 11.7 Å². The third-order valence-electron chi connectivity index (χ3n) is 7.43. The van der Waals surface area contributed by atoms with E-state index in [4.69, 9.17) is 39.3 Å². The van der Waals surface area contributed by atoms with Crippen LogP contribution in [0.15, 0.2) is 24.4 Å². The Morgan fingerprint density at radius 3 is 2.77 bits per heavy atom. The fourth-order valence-electron chi connectivity index (χ4n) is 5.67. The summed E-state index contributed by atoms with van der Waals surface area (Å²) in [7, 11) is 0. The Labute approximate surface area is 218 Å². The molecule has 2 fully saturated rings. The molecule has 0 saturated carbocycles. The molecule has 4 unspecified atom stereocenters. The molecule has 1 aromatic carbocycles. The Morgan fingerprint density at radius 1 is 1.29 bits per heavy atom. The SMILES string of the molecule is CC(=N)c1ncc(N2CCC(N3CCCC3CCN)C(C)C2)nc1NC(C)c1ccc(Cl)cc1Cl. The standard InChI is InChI=1S/C26H37Cl2N7/c1-16-15-34(12-9-23(16)35-11-4-5-20(35)8-10-29)24-14-31-25(17(2)30)26(33-24)32-18(3)21-7-6-19(27)13-22(21)28/h6-7,13-14,16,18,20,23,30H,4-5,8-12,15,29H2,1-3H3,(H,32,33). The predicted octanol–water partition coefficient (Wildman–Crippen LogP) is 5.37. The summed E-state index contributed by atoms with van der Waals surface area (Å²) < 4.78 is 0. The first-order valence-corrected chi connectivity index (χ1v) is 13.4. The highest BCUT2D eigenvalue weighted by Crippen LogP contribution is 2.33. The zero-order valence-corrected chi connectivity index (χ0v) is 22.4. The van der Waals surface area contributed by atoms with Crippen LogP contribution in [0.1, 0.15) is 63.8 Å². The fourth-order valence-corrected chi connectivity index (χ4v) is 6.25. The lowest BCUT2D eigenvalue weighted by molar-refractivity contribution is 0.112. The summed E-state index contributed by atoms with van der Waals surface area (Å²) >= 11 is 12.5. The Kier molecular flexibility index (Phi) is 8.53. The highest BCUT2D eigenvalue weighted by molar-refractivity contribution is 6.35. The van der Waals surface area contributed by atoms with Crippen LogP contribution in [0.2, 0.25) is 10.0 Å². The summed E-state index contributed by atoms with van der Waals surface area (Å²) in [6, 6.07) is 6.58. The van der Waals surface area contributed by atoms with E-state index in [1.54, 1.807) is 19.2 Å². The summed E-state index contributed by atoms with van der Waals surface area (Å²) in [4.78, 5) is 14.6. The normalized spacial score (nSPS) is 23.9. The minimum atomic E-state index is -0.123. The van der Waals surface area contributed by atoms with E-state index in [1.807, 2.05) is 19.1 Å². The molecule has 3 heterocycles. The van der Waals surface area contributed by atoms with Gasteiger partial charge >= 0.3 is 0 Å². The molecule has 7 nitrogen and oxygen atoms in total. The van der Waals surface area contributed by atoms with Crippen LogP contribution < -0.4 is 16.0 Å². The summed E-state index contributed by atoms with van der Waals surface area (Å²) in [5.41, 5.74) is 7.72. The van der Waals surface area contributed by atoms with E-state index in [0.29, 0.717) is 45.3 Å². The van der Waals surface area contributed by atoms with Gasteiger partial charge in [0.15, 0.2) is 5.82 Å². The number of rotatable bonds is 8. The molecule has 0 radical (unpaired) electrons. The number of hydrogen-bond donors (Lipinski definition) is 3. The lowest BCUT2D eigenvalue weighted by Crippen LogP contribution is -2.52. The summed E-state index contributed by atoms with van der Waals surface area (Å²) in [5.74, 6) is 1.97. The molecule has 2 aliphatic heterocycles. The van der Waals surface area contributed by atoms with E-state index in [2.05, 4.69) is 27.0 Å². The quantitative estimate of drug-likeness (QED) is 0.407. The van der Waals surface area contributed by atoms with Crippen molar-refractivity contribution in [3.05, 3.63) is 45.7 Å². The molecule has 0 spiro atoms. The van der Waals surface area contributed by atoms with Crippen molar-refractivity contribution in [3.63, 3.8) is 0 Å². The topological polar surface area (TPSA) is 94.2 Å². The van der Waals surface area contributed by atoms with Gasteiger partial charge in [-0.3, -0.25) is 4.90 Å². The lowest BCUT2D eigenvalue weighted by atomic mass is 9.91. The number of benzene rings is 1.